The van der Waals surface area contributed by atoms with Crippen LogP contribution < -0.4 is 37.2 Å². The van der Waals surface area contributed by atoms with Gasteiger partial charge in [0.2, 0.25) is 29.5 Å². The Balaban J connectivity index is 1.47. The van der Waals surface area contributed by atoms with Crippen LogP contribution in [-0.4, -0.2) is 132 Å². The summed E-state index contributed by atoms with van der Waals surface area (Å²) in [5.74, 6) is -2.69. The summed E-state index contributed by atoms with van der Waals surface area (Å²) in [6.45, 7) is 17.0. The molecule has 2 aliphatic heterocycles. The van der Waals surface area contributed by atoms with Gasteiger partial charge in [0.15, 0.2) is 0 Å². The normalized spacial score (nSPS) is 20.4. The Kier molecular flexibility index (Phi) is 16.2. The van der Waals surface area contributed by atoms with Gasteiger partial charge in [-0.3, -0.25) is 38.5 Å². The van der Waals surface area contributed by atoms with Crippen molar-refractivity contribution in [3.63, 3.8) is 0 Å². The first-order valence-corrected chi connectivity index (χ1v) is 21.0. The van der Waals surface area contributed by atoms with Crippen LogP contribution >= 0.6 is 0 Å². The van der Waals surface area contributed by atoms with E-state index in [0.717, 1.165) is 0 Å². The first-order chi connectivity index (χ1) is 28.5. The van der Waals surface area contributed by atoms with Gasteiger partial charge in [0.1, 0.15) is 18.1 Å². The quantitative estimate of drug-likeness (QED) is 0.136. The zero-order chi connectivity index (χ0) is 45.4. The highest BCUT2D eigenvalue weighted by Crippen LogP contribution is 2.28. The Labute approximate surface area is 359 Å². The average Bonchev–Trinajstić information content (AvgIpc) is 3.87. The number of likely N-dealkylation sites (tertiary alicyclic amines) is 2. The van der Waals surface area contributed by atoms with Crippen molar-refractivity contribution in [2.45, 2.75) is 123 Å². The van der Waals surface area contributed by atoms with Crippen molar-refractivity contribution in [3.8, 4) is 0 Å². The predicted molar refractivity (Wildman–Crippen MR) is 231 cm³/mol. The van der Waals surface area contributed by atoms with Gasteiger partial charge >= 0.3 is 0 Å². The number of hydrogen-bond donors (Lipinski definition) is 7. The van der Waals surface area contributed by atoms with Crippen molar-refractivity contribution in [3.05, 3.63) is 65.5 Å². The minimum atomic E-state index is -0.984. The van der Waals surface area contributed by atoms with Crippen LogP contribution in [0.25, 0.3) is 0 Å². The fourth-order valence-corrected chi connectivity index (χ4v) is 7.31. The molecule has 17 heteroatoms. The van der Waals surface area contributed by atoms with Crippen LogP contribution in [0, 0.1) is 10.8 Å². The second-order valence-corrected chi connectivity index (χ2v) is 18.4. The molecule has 0 bridgehead atoms. The van der Waals surface area contributed by atoms with Gasteiger partial charge in [0.05, 0.1) is 23.8 Å². The molecule has 1 aromatic heterocycles. The van der Waals surface area contributed by atoms with E-state index in [2.05, 4.69) is 42.2 Å². The molecular weight excluding hydrogens is 781 g/mol. The van der Waals surface area contributed by atoms with Crippen molar-refractivity contribution in [1.29, 1.82) is 0 Å². The summed E-state index contributed by atoms with van der Waals surface area (Å²) in [5, 5.41) is 20.4. The summed E-state index contributed by atoms with van der Waals surface area (Å²) >= 11 is 0. The van der Waals surface area contributed by atoms with E-state index in [1.807, 2.05) is 47.6 Å². The van der Waals surface area contributed by atoms with Crippen LogP contribution in [0.4, 0.5) is 0 Å². The maximum absolute atomic E-state index is 14.4. The van der Waals surface area contributed by atoms with Crippen molar-refractivity contribution >= 4 is 41.4 Å². The first kappa shape index (κ1) is 48.2. The topological polar surface area (TPSA) is 223 Å². The fraction of sp³-hybridized carbons (Fsp3) is 0.591. The number of carbonyl (C=O) groups excluding carboxylic acids is 7. The Bertz CT molecular complexity index is 1910. The summed E-state index contributed by atoms with van der Waals surface area (Å²) < 4.78 is 0. The SMILES string of the molecule is CN[C@@H](C)C(=O)N[C@H](C(=O)N1CC[C@H](NC(=O)c2cccc(C(=O)N[C@H]3C[C@@H](C(=O)N[C@H](C)c4ccccn4)N(C(=O)[C@@H](NC(=O)[C@H](C)NC)C(C)(C)C)C3)c2)C1)C(C)(C)C. The number of aromatic nitrogens is 1. The lowest BCUT2D eigenvalue weighted by Crippen LogP contribution is -2.59. The second kappa shape index (κ2) is 20.4. The van der Waals surface area contributed by atoms with E-state index >= 15 is 0 Å². The van der Waals surface area contributed by atoms with Gasteiger partial charge < -0.3 is 47.0 Å². The van der Waals surface area contributed by atoms with Gasteiger partial charge in [-0.25, -0.2) is 0 Å². The highest BCUT2D eigenvalue weighted by atomic mass is 16.2. The number of nitrogens with one attached hydrogen (secondary N) is 7. The number of nitrogens with zero attached hydrogens (tertiary/aromatic N) is 3. The van der Waals surface area contributed by atoms with Crippen LogP contribution in [0.1, 0.15) is 108 Å². The molecular formula is C44H66N10O7. The monoisotopic (exact) mass is 847 g/mol. The van der Waals surface area contributed by atoms with Crippen molar-refractivity contribution < 1.29 is 33.6 Å². The first-order valence-electron chi connectivity index (χ1n) is 21.0. The van der Waals surface area contributed by atoms with E-state index in [-0.39, 0.29) is 54.4 Å². The third-order valence-electron chi connectivity index (χ3n) is 11.4. The Morgan fingerprint density at radius 1 is 0.689 bits per heavy atom. The maximum atomic E-state index is 14.4. The van der Waals surface area contributed by atoms with Gasteiger partial charge in [-0.2, -0.15) is 0 Å². The lowest BCUT2D eigenvalue weighted by Gasteiger charge is -2.36. The minimum absolute atomic E-state index is 0.00396. The van der Waals surface area contributed by atoms with Crippen molar-refractivity contribution in [2.75, 3.05) is 33.7 Å². The minimum Gasteiger partial charge on any atom is -0.347 e. The summed E-state index contributed by atoms with van der Waals surface area (Å²) in [5.41, 5.74) is -0.213. The molecule has 0 spiro atoms. The van der Waals surface area contributed by atoms with E-state index in [1.54, 1.807) is 76.3 Å². The molecule has 1 aromatic carbocycles. The molecule has 2 aliphatic rings. The molecule has 3 heterocycles. The molecule has 7 amide bonds. The molecule has 2 saturated heterocycles. The van der Waals surface area contributed by atoms with Gasteiger partial charge in [-0.05, 0) is 88.9 Å². The molecule has 0 unspecified atom stereocenters. The lowest BCUT2D eigenvalue weighted by atomic mass is 9.85. The molecule has 7 N–H and O–H groups in total. The van der Waals surface area contributed by atoms with Crippen LogP contribution in [0.3, 0.4) is 0 Å². The number of likely N-dealkylation sites (N-methyl/N-ethyl adjacent to an activating group) is 2. The zero-order valence-corrected chi connectivity index (χ0v) is 37.5. The zero-order valence-electron chi connectivity index (χ0n) is 37.5. The molecule has 2 aromatic rings. The number of hydrogen-bond acceptors (Lipinski definition) is 10. The molecule has 334 valence electrons. The Hall–Kier alpha value is -5.42. The van der Waals surface area contributed by atoms with Crippen LogP contribution in [0.15, 0.2) is 48.7 Å². The summed E-state index contributed by atoms with van der Waals surface area (Å²) in [7, 11) is 3.32. The van der Waals surface area contributed by atoms with Crippen molar-refractivity contribution in [1.82, 2.24) is 52.0 Å². The number of rotatable bonds is 15. The molecule has 61 heavy (non-hydrogen) atoms. The molecule has 0 saturated carbocycles. The maximum Gasteiger partial charge on any atom is 0.251 e. The van der Waals surface area contributed by atoms with E-state index in [0.29, 0.717) is 18.7 Å². The van der Waals surface area contributed by atoms with Crippen LogP contribution in [0.2, 0.25) is 0 Å². The Morgan fingerprint density at radius 3 is 1.74 bits per heavy atom. The summed E-state index contributed by atoms with van der Waals surface area (Å²) in [6, 6.07) is 6.35. The molecule has 2 fully saturated rings. The largest absolute Gasteiger partial charge is 0.347 e. The second-order valence-electron chi connectivity index (χ2n) is 18.4. The highest BCUT2D eigenvalue weighted by molar-refractivity contribution is 6.00. The van der Waals surface area contributed by atoms with Gasteiger partial charge in [0, 0.05) is 49.0 Å². The number of benzene rings is 1. The van der Waals surface area contributed by atoms with Gasteiger partial charge in [0.25, 0.3) is 11.8 Å². The molecule has 0 radical (unpaired) electrons. The summed E-state index contributed by atoms with van der Waals surface area (Å²) in [6.07, 6.45) is 2.23. The van der Waals surface area contributed by atoms with E-state index in [9.17, 15) is 33.6 Å². The van der Waals surface area contributed by atoms with Gasteiger partial charge in [-0.1, -0.05) is 53.7 Å². The summed E-state index contributed by atoms with van der Waals surface area (Å²) in [4.78, 5) is 102. The number of pyridine rings is 1. The van der Waals surface area contributed by atoms with Gasteiger partial charge in [-0.15, -0.1) is 0 Å². The number of amides is 7. The predicted octanol–water partition coefficient (Wildman–Crippen LogP) is 1.27. The van der Waals surface area contributed by atoms with E-state index in [1.165, 1.54) is 11.0 Å². The average molecular weight is 847 g/mol. The van der Waals surface area contributed by atoms with Crippen molar-refractivity contribution in [2.24, 2.45) is 10.8 Å². The standard InChI is InChI=1S/C44H66N10O7/c1-25(32-17-12-13-19-47-32)48-40(59)33-22-31(24-54(33)42(61)35(44(7,8)9)52-37(56)27(3)46-11)50-39(58)29-16-14-15-28(21-29)38(57)49-30-18-20-53(23-30)41(60)34(43(4,5)6)51-36(55)26(2)45-10/h12-17,19,21,25-27,30-31,33-35,45-46H,18,20,22-24H2,1-11H3,(H,48,59)(H,49,57)(H,50,58)(H,51,55)(H,52,56)/t25-,26+,27+,30+,31+,33+,34-,35-/m1/s1. The molecule has 4 rings (SSSR count). The van der Waals surface area contributed by atoms with Crippen LogP contribution in [-0.2, 0) is 24.0 Å². The molecule has 17 nitrogen and oxygen atoms in total. The smallest absolute Gasteiger partial charge is 0.251 e. The van der Waals surface area contributed by atoms with E-state index < -0.39 is 76.8 Å². The Morgan fingerprint density at radius 2 is 1.23 bits per heavy atom. The molecule has 8 atom stereocenters. The van der Waals surface area contributed by atoms with Crippen LogP contribution in [0.5, 0.6) is 0 Å². The number of carbonyl (C=O) groups is 7. The third-order valence-corrected chi connectivity index (χ3v) is 11.4. The molecule has 0 aliphatic carbocycles. The fourth-order valence-electron chi connectivity index (χ4n) is 7.31. The lowest BCUT2D eigenvalue weighted by molar-refractivity contribution is -0.144. The highest BCUT2D eigenvalue weighted by Gasteiger charge is 2.46. The third kappa shape index (κ3) is 12.6. The van der Waals surface area contributed by atoms with E-state index in [4.69, 9.17) is 0 Å².